The van der Waals surface area contributed by atoms with Crippen molar-refractivity contribution in [1.29, 1.82) is 0 Å². The Morgan fingerprint density at radius 3 is 2.53 bits per heavy atom. The van der Waals surface area contributed by atoms with Gasteiger partial charge in [0.05, 0.1) is 0 Å². The quantitative estimate of drug-likeness (QED) is 0.611. The smallest absolute Gasteiger partial charge is 0.320 e. The van der Waals surface area contributed by atoms with Gasteiger partial charge >= 0.3 is 5.97 Å². The molecule has 1 saturated carbocycles. The van der Waals surface area contributed by atoms with Gasteiger partial charge < -0.3 is 16.2 Å². The number of carbonyl (C=O) groups excluding carboxylic acids is 1. The molecule has 4 N–H and O–H groups in total. The first kappa shape index (κ1) is 12.0. The number of hydrogen-bond acceptors (Lipinski definition) is 3. The molecule has 86 valence electrons. The number of amides is 1. The van der Waals surface area contributed by atoms with E-state index in [2.05, 4.69) is 5.32 Å². The number of hydrogen-bond donors (Lipinski definition) is 3. The minimum absolute atomic E-state index is 0.0846. The van der Waals surface area contributed by atoms with E-state index >= 15 is 0 Å². The number of aliphatic carboxylic acids is 1. The summed E-state index contributed by atoms with van der Waals surface area (Å²) < 4.78 is 0. The molecule has 0 aliphatic heterocycles. The van der Waals surface area contributed by atoms with Crippen molar-refractivity contribution in [1.82, 2.24) is 5.32 Å². The predicted octanol–water partition coefficient (Wildman–Crippen LogP) is 0.237. The standard InChI is InChI=1S/C10H18N2O3/c11-8(10(14)15)5-6-9(13)12-7-3-1-2-4-7/h7-8H,1-6,11H2,(H,12,13)(H,14,15)/t8-/m0/s1. The Morgan fingerprint density at radius 1 is 1.40 bits per heavy atom. The van der Waals surface area contributed by atoms with Crippen molar-refractivity contribution in [2.45, 2.75) is 50.6 Å². The van der Waals surface area contributed by atoms with E-state index in [1.54, 1.807) is 0 Å². The van der Waals surface area contributed by atoms with E-state index in [1.165, 1.54) is 12.8 Å². The maximum absolute atomic E-state index is 11.4. The van der Waals surface area contributed by atoms with Crippen LogP contribution < -0.4 is 11.1 Å². The molecule has 0 aromatic carbocycles. The van der Waals surface area contributed by atoms with Gasteiger partial charge in [0, 0.05) is 12.5 Å². The largest absolute Gasteiger partial charge is 0.480 e. The monoisotopic (exact) mass is 214 g/mol. The maximum atomic E-state index is 11.4. The summed E-state index contributed by atoms with van der Waals surface area (Å²) in [5, 5.41) is 11.4. The second kappa shape index (κ2) is 5.70. The highest BCUT2D eigenvalue weighted by molar-refractivity contribution is 5.78. The molecule has 5 heteroatoms. The van der Waals surface area contributed by atoms with Gasteiger partial charge in [-0.1, -0.05) is 12.8 Å². The van der Waals surface area contributed by atoms with E-state index in [1.807, 2.05) is 0 Å². The van der Waals surface area contributed by atoms with Crippen molar-refractivity contribution < 1.29 is 14.7 Å². The van der Waals surface area contributed by atoms with Crippen molar-refractivity contribution in [2.75, 3.05) is 0 Å². The zero-order valence-electron chi connectivity index (χ0n) is 8.74. The average Bonchev–Trinajstić information content (AvgIpc) is 2.66. The van der Waals surface area contributed by atoms with Crippen LogP contribution in [0.5, 0.6) is 0 Å². The summed E-state index contributed by atoms with van der Waals surface area (Å²) >= 11 is 0. The van der Waals surface area contributed by atoms with Crippen LogP contribution in [0.4, 0.5) is 0 Å². The molecular formula is C10H18N2O3. The number of carboxylic acids is 1. The molecule has 1 rings (SSSR count). The normalized spacial score (nSPS) is 18.7. The zero-order valence-corrected chi connectivity index (χ0v) is 8.74. The molecule has 15 heavy (non-hydrogen) atoms. The minimum Gasteiger partial charge on any atom is -0.480 e. The molecule has 0 radical (unpaired) electrons. The van der Waals surface area contributed by atoms with Crippen LogP contribution in [-0.2, 0) is 9.59 Å². The summed E-state index contributed by atoms with van der Waals surface area (Å²) in [6.45, 7) is 0. The van der Waals surface area contributed by atoms with Gasteiger partial charge in [-0.25, -0.2) is 0 Å². The topological polar surface area (TPSA) is 92.4 Å². The number of rotatable bonds is 5. The van der Waals surface area contributed by atoms with Gasteiger partial charge in [-0.3, -0.25) is 9.59 Å². The number of nitrogens with one attached hydrogen (secondary N) is 1. The molecule has 5 nitrogen and oxygen atoms in total. The highest BCUT2D eigenvalue weighted by atomic mass is 16.4. The first-order valence-electron chi connectivity index (χ1n) is 5.37. The third-order valence-electron chi connectivity index (χ3n) is 2.72. The molecular weight excluding hydrogens is 196 g/mol. The SMILES string of the molecule is N[C@@H](CCC(=O)NC1CCCC1)C(=O)O. The van der Waals surface area contributed by atoms with Crippen molar-refractivity contribution in [3.63, 3.8) is 0 Å². The second-order valence-corrected chi connectivity index (χ2v) is 4.03. The minimum atomic E-state index is -1.05. The molecule has 1 aliphatic rings. The maximum Gasteiger partial charge on any atom is 0.320 e. The number of carbonyl (C=O) groups is 2. The van der Waals surface area contributed by atoms with Crippen molar-refractivity contribution in [2.24, 2.45) is 5.73 Å². The third kappa shape index (κ3) is 4.29. The molecule has 1 aliphatic carbocycles. The highest BCUT2D eigenvalue weighted by Crippen LogP contribution is 2.17. The molecule has 1 fully saturated rings. The first-order chi connectivity index (χ1) is 7.09. The van der Waals surface area contributed by atoms with Crippen LogP contribution >= 0.6 is 0 Å². The Bertz CT molecular complexity index is 237. The Kier molecular flexibility index (Phi) is 4.55. The lowest BCUT2D eigenvalue weighted by molar-refractivity contribution is -0.138. The molecule has 0 aromatic heterocycles. The molecule has 1 amide bonds. The fraction of sp³-hybridized carbons (Fsp3) is 0.800. The molecule has 1 atom stereocenters. The van der Waals surface area contributed by atoms with Crippen LogP contribution in [0, 0.1) is 0 Å². The first-order valence-corrected chi connectivity index (χ1v) is 5.37. The van der Waals surface area contributed by atoms with Gasteiger partial charge in [0.1, 0.15) is 6.04 Å². The van der Waals surface area contributed by atoms with Crippen LogP contribution in [0.3, 0.4) is 0 Å². The van der Waals surface area contributed by atoms with Gasteiger partial charge in [0.15, 0.2) is 0 Å². The third-order valence-corrected chi connectivity index (χ3v) is 2.72. The fourth-order valence-corrected chi connectivity index (χ4v) is 1.78. The number of carboxylic acid groups (broad SMARTS) is 1. The van der Waals surface area contributed by atoms with E-state index in [4.69, 9.17) is 10.8 Å². The van der Waals surface area contributed by atoms with Crippen molar-refractivity contribution in [3.05, 3.63) is 0 Å². The molecule has 0 unspecified atom stereocenters. The summed E-state index contributed by atoms with van der Waals surface area (Å²) in [4.78, 5) is 21.8. The van der Waals surface area contributed by atoms with E-state index < -0.39 is 12.0 Å². The summed E-state index contributed by atoms with van der Waals surface area (Å²) in [6, 6.07) is -0.641. The van der Waals surface area contributed by atoms with E-state index in [0.717, 1.165) is 12.8 Å². The van der Waals surface area contributed by atoms with Gasteiger partial charge in [0.2, 0.25) is 5.91 Å². The van der Waals surface area contributed by atoms with E-state index in [9.17, 15) is 9.59 Å². The summed E-state index contributed by atoms with van der Waals surface area (Å²) in [5.41, 5.74) is 5.29. The van der Waals surface area contributed by atoms with E-state index in [-0.39, 0.29) is 18.7 Å². The van der Waals surface area contributed by atoms with Crippen LogP contribution in [-0.4, -0.2) is 29.1 Å². The molecule has 0 saturated heterocycles. The predicted molar refractivity (Wildman–Crippen MR) is 55.2 cm³/mol. The Labute approximate surface area is 89.0 Å². The van der Waals surface area contributed by atoms with Crippen LogP contribution in [0.25, 0.3) is 0 Å². The van der Waals surface area contributed by atoms with E-state index in [0.29, 0.717) is 6.04 Å². The highest BCUT2D eigenvalue weighted by Gasteiger charge is 2.18. The fourth-order valence-electron chi connectivity index (χ4n) is 1.78. The van der Waals surface area contributed by atoms with Crippen LogP contribution in [0.1, 0.15) is 38.5 Å². The lowest BCUT2D eigenvalue weighted by Gasteiger charge is -2.12. The van der Waals surface area contributed by atoms with Crippen LogP contribution in [0.15, 0.2) is 0 Å². The van der Waals surface area contributed by atoms with Gasteiger partial charge in [-0.05, 0) is 19.3 Å². The average molecular weight is 214 g/mol. The van der Waals surface area contributed by atoms with Crippen LogP contribution in [0.2, 0.25) is 0 Å². The van der Waals surface area contributed by atoms with Gasteiger partial charge in [-0.2, -0.15) is 0 Å². The zero-order chi connectivity index (χ0) is 11.3. The summed E-state index contributed by atoms with van der Waals surface area (Å²) in [7, 11) is 0. The Morgan fingerprint density at radius 2 is 2.00 bits per heavy atom. The Hall–Kier alpha value is -1.10. The van der Waals surface area contributed by atoms with Crippen molar-refractivity contribution >= 4 is 11.9 Å². The lowest BCUT2D eigenvalue weighted by atomic mass is 10.1. The Balaban J connectivity index is 2.15. The van der Waals surface area contributed by atoms with Gasteiger partial charge in [-0.15, -0.1) is 0 Å². The number of nitrogens with two attached hydrogens (primary N) is 1. The van der Waals surface area contributed by atoms with Crippen molar-refractivity contribution in [3.8, 4) is 0 Å². The second-order valence-electron chi connectivity index (χ2n) is 4.03. The molecule has 0 heterocycles. The summed E-state index contributed by atoms with van der Waals surface area (Å²) in [6.07, 6.45) is 4.81. The molecule has 0 spiro atoms. The molecule has 0 aromatic rings. The van der Waals surface area contributed by atoms with Gasteiger partial charge in [0.25, 0.3) is 0 Å². The lowest BCUT2D eigenvalue weighted by Crippen LogP contribution is -2.35. The molecule has 0 bridgehead atoms. The summed E-state index contributed by atoms with van der Waals surface area (Å²) in [5.74, 6) is -1.14.